The average Bonchev–Trinajstić information content (AvgIpc) is 3.30. The molecular weight excluding hydrogens is 442 g/mol. The van der Waals surface area contributed by atoms with Crippen molar-refractivity contribution in [1.29, 1.82) is 0 Å². The molecular formula is C24H23N3O5S. The Balaban J connectivity index is 1.33. The van der Waals surface area contributed by atoms with Gasteiger partial charge >= 0.3 is 0 Å². The summed E-state index contributed by atoms with van der Waals surface area (Å²) in [5, 5.41) is 0. The summed E-state index contributed by atoms with van der Waals surface area (Å²) in [5.74, 6) is -0.179. The number of sulfonamides is 1. The highest BCUT2D eigenvalue weighted by molar-refractivity contribution is 7.89. The van der Waals surface area contributed by atoms with Gasteiger partial charge in [0.1, 0.15) is 5.75 Å². The van der Waals surface area contributed by atoms with Gasteiger partial charge in [0.05, 0.1) is 17.9 Å². The van der Waals surface area contributed by atoms with Crippen LogP contribution in [0.5, 0.6) is 5.75 Å². The number of amides is 2. The molecule has 0 aromatic heterocycles. The van der Waals surface area contributed by atoms with E-state index >= 15 is 0 Å². The van der Waals surface area contributed by atoms with Crippen molar-refractivity contribution in [2.45, 2.75) is 24.3 Å². The number of ether oxygens (including phenoxy) is 1. The van der Waals surface area contributed by atoms with Crippen LogP contribution in [-0.4, -0.2) is 26.8 Å². The summed E-state index contributed by atoms with van der Waals surface area (Å²) in [6, 6.07) is 20.3. The molecule has 33 heavy (non-hydrogen) atoms. The lowest BCUT2D eigenvalue weighted by molar-refractivity contribution is -0.121. The molecule has 0 unspecified atom stereocenters. The first-order chi connectivity index (χ1) is 15.9. The van der Waals surface area contributed by atoms with E-state index in [1.54, 1.807) is 0 Å². The van der Waals surface area contributed by atoms with Crippen molar-refractivity contribution in [3.05, 3.63) is 95.1 Å². The molecule has 0 radical (unpaired) electrons. The van der Waals surface area contributed by atoms with Crippen LogP contribution in [0.25, 0.3) is 0 Å². The first kappa shape index (κ1) is 22.5. The van der Waals surface area contributed by atoms with Gasteiger partial charge in [0.25, 0.3) is 5.91 Å². The highest BCUT2D eigenvalue weighted by Gasteiger charge is 2.17. The van der Waals surface area contributed by atoms with Crippen LogP contribution in [-0.2, 0) is 34.2 Å². The molecule has 0 spiro atoms. The largest absolute Gasteiger partial charge is 0.493 e. The Morgan fingerprint density at radius 3 is 2.52 bits per heavy atom. The zero-order valence-corrected chi connectivity index (χ0v) is 18.5. The molecule has 0 atom stereocenters. The number of hydrazine groups is 1. The van der Waals surface area contributed by atoms with Gasteiger partial charge in [-0.05, 0) is 41.0 Å². The summed E-state index contributed by atoms with van der Waals surface area (Å²) in [5.41, 5.74) is 7.48. The fourth-order valence-corrected chi connectivity index (χ4v) is 4.50. The molecule has 3 aromatic rings. The van der Waals surface area contributed by atoms with E-state index in [2.05, 4.69) is 15.6 Å². The highest BCUT2D eigenvalue weighted by atomic mass is 32.2. The molecule has 0 aliphatic carbocycles. The van der Waals surface area contributed by atoms with Crippen LogP contribution >= 0.6 is 0 Å². The van der Waals surface area contributed by atoms with Crippen LogP contribution in [0.3, 0.4) is 0 Å². The van der Waals surface area contributed by atoms with Crippen LogP contribution in [0.2, 0.25) is 0 Å². The topological polar surface area (TPSA) is 114 Å². The number of benzene rings is 3. The van der Waals surface area contributed by atoms with Crippen molar-refractivity contribution in [2.75, 3.05) is 6.61 Å². The third-order valence-electron chi connectivity index (χ3n) is 5.15. The fourth-order valence-electron chi connectivity index (χ4n) is 3.44. The molecule has 0 bridgehead atoms. The van der Waals surface area contributed by atoms with E-state index in [1.165, 1.54) is 24.3 Å². The predicted molar refractivity (Wildman–Crippen MR) is 122 cm³/mol. The van der Waals surface area contributed by atoms with Gasteiger partial charge in [0, 0.05) is 18.5 Å². The number of hydrogen-bond donors (Lipinski definition) is 3. The summed E-state index contributed by atoms with van der Waals surface area (Å²) in [6.07, 6.45) is 0.895. The third kappa shape index (κ3) is 5.76. The number of carbonyl (C=O) groups excluding carboxylic acids is 2. The Hall–Kier alpha value is -3.69. The Bertz CT molecular complexity index is 1280. The lowest BCUT2D eigenvalue weighted by Gasteiger charge is -2.10. The SMILES string of the molecule is O=C(Cc1ccc2c(c1)CCO2)NNC(=O)c1cccc(S(=O)(=O)NCc2ccccc2)c1. The summed E-state index contributed by atoms with van der Waals surface area (Å²) < 4.78 is 33.2. The lowest BCUT2D eigenvalue weighted by Crippen LogP contribution is -2.42. The van der Waals surface area contributed by atoms with Crippen LogP contribution in [0.1, 0.15) is 27.0 Å². The minimum atomic E-state index is -3.82. The second kappa shape index (κ2) is 9.85. The zero-order valence-electron chi connectivity index (χ0n) is 17.7. The molecule has 0 saturated heterocycles. The summed E-state index contributed by atoms with van der Waals surface area (Å²) in [7, 11) is -3.82. The van der Waals surface area contributed by atoms with Gasteiger partial charge in [0.15, 0.2) is 0 Å². The van der Waals surface area contributed by atoms with E-state index in [0.717, 1.165) is 28.9 Å². The quantitative estimate of drug-likeness (QED) is 0.463. The summed E-state index contributed by atoms with van der Waals surface area (Å²) in [4.78, 5) is 24.6. The van der Waals surface area contributed by atoms with Crippen molar-refractivity contribution in [1.82, 2.24) is 15.6 Å². The lowest BCUT2D eigenvalue weighted by atomic mass is 10.1. The standard InChI is InChI=1S/C24H23N3O5S/c28-23(14-18-9-10-22-19(13-18)11-12-32-22)26-27-24(29)20-7-4-8-21(15-20)33(30,31)25-16-17-5-2-1-3-6-17/h1-10,13,15,25H,11-12,14,16H2,(H,26,28)(H,27,29). The van der Waals surface area contributed by atoms with E-state index in [1.807, 2.05) is 48.5 Å². The second-order valence-electron chi connectivity index (χ2n) is 7.56. The van der Waals surface area contributed by atoms with Crippen molar-refractivity contribution < 1.29 is 22.7 Å². The van der Waals surface area contributed by atoms with E-state index in [0.29, 0.717) is 6.61 Å². The maximum atomic E-state index is 12.6. The maximum Gasteiger partial charge on any atom is 0.269 e. The number of rotatable bonds is 7. The second-order valence-corrected chi connectivity index (χ2v) is 9.32. The molecule has 4 rings (SSSR count). The molecule has 170 valence electrons. The maximum absolute atomic E-state index is 12.6. The van der Waals surface area contributed by atoms with E-state index in [-0.39, 0.29) is 23.4 Å². The third-order valence-corrected chi connectivity index (χ3v) is 6.55. The molecule has 2 amide bonds. The van der Waals surface area contributed by atoms with Gasteiger partial charge < -0.3 is 4.74 Å². The van der Waals surface area contributed by atoms with Crippen molar-refractivity contribution >= 4 is 21.8 Å². The van der Waals surface area contributed by atoms with E-state index < -0.39 is 21.8 Å². The first-order valence-corrected chi connectivity index (χ1v) is 11.9. The highest BCUT2D eigenvalue weighted by Crippen LogP contribution is 2.25. The number of nitrogens with one attached hydrogen (secondary N) is 3. The van der Waals surface area contributed by atoms with E-state index in [4.69, 9.17) is 4.74 Å². The van der Waals surface area contributed by atoms with Crippen LogP contribution in [0, 0.1) is 0 Å². The fraction of sp³-hybridized carbons (Fsp3) is 0.167. The van der Waals surface area contributed by atoms with Gasteiger partial charge in [-0.25, -0.2) is 13.1 Å². The smallest absolute Gasteiger partial charge is 0.269 e. The molecule has 1 aliphatic rings. The van der Waals surface area contributed by atoms with Gasteiger partial charge in [-0.15, -0.1) is 0 Å². The van der Waals surface area contributed by atoms with Crippen LogP contribution in [0.15, 0.2) is 77.7 Å². The molecule has 1 aliphatic heterocycles. The number of fused-ring (bicyclic) bond motifs is 1. The molecule has 3 aromatic carbocycles. The van der Waals surface area contributed by atoms with E-state index in [9.17, 15) is 18.0 Å². The summed E-state index contributed by atoms with van der Waals surface area (Å²) >= 11 is 0. The monoisotopic (exact) mass is 465 g/mol. The Labute approximate surface area is 192 Å². The Kier molecular flexibility index (Phi) is 6.71. The molecule has 1 heterocycles. The van der Waals surface area contributed by atoms with Crippen molar-refractivity contribution in [2.24, 2.45) is 0 Å². The minimum Gasteiger partial charge on any atom is -0.493 e. The Morgan fingerprint density at radius 2 is 1.70 bits per heavy atom. The van der Waals surface area contributed by atoms with Gasteiger partial charge in [-0.3, -0.25) is 20.4 Å². The molecule has 3 N–H and O–H groups in total. The van der Waals surface area contributed by atoms with Crippen molar-refractivity contribution in [3.8, 4) is 5.75 Å². The molecule has 9 heteroatoms. The minimum absolute atomic E-state index is 0.0437. The van der Waals surface area contributed by atoms with Gasteiger partial charge in [-0.2, -0.15) is 0 Å². The molecule has 0 fully saturated rings. The van der Waals surface area contributed by atoms with Crippen LogP contribution in [0.4, 0.5) is 0 Å². The number of carbonyl (C=O) groups is 2. The average molecular weight is 466 g/mol. The molecule has 0 saturated carbocycles. The zero-order chi connectivity index (χ0) is 23.3. The van der Waals surface area contributed by atoms with Crippen molar-refractivity contribution in [3.63, 3.8) is 0 Å². The summed E-state index contributed by atoms with van der Waals surface area (Å²) in [6.45, 7) is 0.766. The van der Waals surface area contributed by atoms with Gasteiger partial charge in [-0.1, -0.05) is 48.5 Å². The normalized spacial score (nSPS) is 12.5. The molecule has 8 nitrogen and oxygen atoms in total. The van der Waals surface area contributed by atoms with Gasteiger partial charge in [0.2, 0.25) is 15.9 Å². The number of hydrogen-bond acceptors (Lipinski definition) is 5. The van der Waals surface area contributed by atoms with Crippen LogP contribution < -0.4 is 20.3 Å². The predicted octanol–water partition coefficient (Wildman–Crippen LogP) is 2.10. The Morgan fingerprint density at radius 1 is 0.879 bits per heavy atom. The first-order valence-electron chi connectivity index (χ1n) is 10.4.